The summed E-state index contributed by atoms with van der Waals surface area (Å²) in [7, 11) is 0. The fourth-order valence-electron chi connectivity index (χ4n) is 3.94. The highest BCUT2D eigenvalue weighted by Crippen LogP contribution is 2.40. The number of nitrogen functional groups attached to an aromatic ring is 1. The van der Waals surface area contributed by atoms with E-state index in [1.807, 2.05) is 72.8 Å². The number of carbonyl (C=O) groups excluding carboxylic acids is 2. The van der Waals surface area contributed by atoms with Crippen molar-refractivity contribution >= 4 is 17.5 Å². The van der Waals surface area contributed by atoms with Crippen molar-refractivity contribution < 1.29 is 9.59 Å². The van der Waals surface area contributed by atoms with Crippen LogP contribution in [0.15, 0.2) is 84.9 Å². The van der Waals surface area contributed by atoms with Gasteiger partial charge >= 0.3 is 0 Å². The van der Waals surface area contributed by atoms with Crippen LogP contribution in [-0.2, 0) is 28.0 Å². The molecule has 2 N–H and O–H groups in total. The fraction of sp³-hybridized carbons (Fsp3) is 0.167. The van der Waals surface area contributed by atoms with E-state index in [0.717, 1.165) is 16.7 Å². The SMILES string of the molecule is Nc1ccc(C2(Cc3ccccc3)CC(=O)N(Cc3ccccc3)C2=O)cc1. The Bertz CT molecular complexity index is 984. The molecule has 0 aromatic heterocycles. The van der Waals surface area contributed by atoms with Gasteiger partial charge in [-0.05, 0) is 35.2 Å². The number of hydrogen-bond acceptors (Lipinski definition) is 3. The minimum Gasteiger partial charge on any atom is -0.399 e. The van der Waals surface area contributed by atoms with Gasteiger partial charge in [0.25, 0.3) is 0 Å². The van der Waals surface area contributed by atoms with Gasteiger partial charge in [-0.1, -0.05) is 72.8 Å². The molecule has 0 saturated carbocycles. The van der Waals surface area contributed by atoms with Crippen LogP contribution in [0.3, 0.4) is 0 Å². The molecular weight excluding hydrogens is 348 g/mol. The maximum Gasteiger partial charge on any atom is 0.241 e. The molecule has 0 bridgehead atoms. The molecule has 1 atom stereocenters. The van der Waals surface area contributed by atoms with E-state index in [1.54, 1.807) is 12.1 Å². The average Bonchev–Trinajstić information content (AvgIpc) is 2.95. The number of carbonyl (C=O) groups is 2. The smallest absolute Gasteiger partial charge is 0.241 e. The first-order valence-corrected chi connectivity index (χ1v) is 9.37. The Morgan fingerprint density at radius 1 is 0.786 bits per heavy atom. The normalized spacial score (nSPS) is 19.2. The number of anilines is 1. The molecule has 1 aliphatic rings. The number of amides is 2. The zero-order valence-corrected chi connectivity index (χ0v) is 15.5. The van der Waals surface area contributed by atoms with Crippen LogP contribution in [0.25, 0.3) is 0 Å². The Kier molecular flexibility index (Phi) is 4.70. The third kappa shape index (κ3) is 3.29. The molecule has 1 fully saturated rings. The fourth-order valence-corrected chi connectivity index (χ4v) is 3.94. The quantitative estimate of drug-likeness (QED) is 0.550. The third-order valence-electron chi connectivity index (χ3n) is 5.40. The summed E-state index contributed by atoms with van der Waals surface area (Å²) in [6.07, 6.45) is 0.644. The number of imide groups is 1. The molecule has 3 aromatic rings. The first kappa shape index (κ1) is 18.0. The number of likely N-dealkylation sites (tertiary alicyclic amines) is 1. The zero-order chi connectivity index (χ0) is 19.6. The molecule has 2 amide bonds. The van der Waals surface area contributed by atoms with Gasteiger partial charge in [0.05, 0.1) is 12.0 Å². The highest BCUT2D eigenvalue weighted by molar-refractivity contribution is 6.09. The topological polar surface area (TPSA) is 63.4 Å². The molecule has 28 heavy (non-hydrogen) atoms. The summed E-state index contributed by atoms with van der Waals surface area (Å²) in [5, 5.41) is 0. The molecule has 1 heterocycles. The summed E-state index contributed by atoms with van der Waals surface area (Å²) >= 11 is 0. The standard InChI is InChI=1S/C24H22N2O2/c25-21-13-11-20(12-14-21)24(15-18-7-3-1-4-8-18)16-22(27)26(23(24)28)17-19-9-5-2-6-10-19/h1-14H,15-17,25H2. The van der Waals surface area contributed by atoms with E-state index < -0.39 is 5.41 Å². The lowest BCUT2D eigenvalue weighted by molar-refractivity contribution is -0.140. The molecule has 4 heteroatoms. The number of rotatable bonds is 5. The summed E-state index contributed by atoms with van der Waals surface area (Å²) < 4.78 is 0. The van der Waals surface area contributed by atoms with E-state index in [4.69, 9.17) is 5.73 Å². The molecule has 0 radical (unpaired) electrons. The van der Waals surface area contributed by atoms with Crippen LogP contribution in [-0.4, -0.2) is 16.7 Å². The average molecular weight is 370 g/mol. The Morgan fingerprint density at radius 2 is 1.36 bits per heavy atom. The summed E-state index contributed by atoms with van der Waals surface area (Å²) in [6, 6.07) is 26.8. The lowest BCUT2D eigenvalue weighted by Crippen LogP contribution is -2.39. The van der Waals surface area contributed by atoms with Gasteiger partial charge in [0.1, 0.15) is 0 Å². The van der Waals surface area contributed by atoms with Crippen LogP contribution >= 0.6 is 0 Å². The Hall–Kier alpha value is -3.40. The van der Waals surface area contributed by atoms with Crippen LogP contribution in [0.2, 0.25) is 0 Å². The predicted octanol–water partition coefficient (Wildman–Crippen LogP) is 3.71. The second-order valence-corrected chi connectivity index (χ2v) is 7.31. The van der Waals surface area contributed by atoms with Crippen LogP contribution in [0, 0.1) is 0 Å². The summed E-state index contributed by atoms with van der Waals surface area (Å²) in [4.78, 5) is 27.9. The molecule has 0 spiro atoms. The third-order valence-corrected chi connectivity index (χ3v) is 5.40. The van der Waals surface area contributed by atoms with Gasteiger partial charge in [-0.25, -0.2) is 0 Å². The second kappa shape index (κ2) is 7.31. The molecule has 4 nitrogen and oxygen atoms in total. The van der Waals surface area contributed by atoms with Crippen LogP contribution < -0.4 is 5.73 Å². The lowest BCUT2D eigenvalue weighted by Gasteiger charge is -2.28. The van der Waals surface area contributed by atoms with Crippen molar-refractivity contribution in [3.63, 3.8) is 0 Å². The van der Waals surface area contributed by atoms with Crippen molar-refractivity contribution in [3.8, 4) is 0 Å². The number of nitrogens with zero attached hydrogens (tertiary/aromatic N) is 1. The van der Waals surface area contributed by atoms with Crippen LogP contribution in [0.5, 0.6) is 0 Å². The lowest BCUT2D eigenvalue weighted by atomic mass is 9.74. The molecule has 140 valence electrons. The van der Waals surface area contributed by atoms with E-state index in [2.05, 4.69) is 0 Å². The predicted molar refractivity (Wildman–Crippen MR) is 109 cm³/mol. The van der Waals surface area contributed by atoms with Crippen molar-refractivity contribution in [1.82, 2.24) is 4.90 Å². The van der Waals surface area contributed by atoms with E-state index in [0.29, 0.717) is 18.7 Å². The van der Waals surface area contributed by atoms with E-state index in [1.165, 1.54) is 4.90 Å². The molecule has 3 aromatic carbocycles. The van der Waals surface area contributed by atoms with E-state index in [-0.39, 0.29) is 18.2 Å². The number of benzene rings is 3. The molecular formula is C24H22N2O2. The van der Waals surface area contributed by atoms with Gasteiger partial charge in [-0.2, -0.15) is 0 Å². The number of nitrogens with two attached hydrogens (primary N) is 1. The van der Waals surface area contributed by atoms with Crippen molar-refractivity contribution in [1.29, 1.82) is 0 Å². The molecule has 0 aliphatic carbocycles. The summed E-state index contributed by atoms with van der Waals surface area (Å²) in [5.74, 6) is -0.281. The minimum atomic E-state index is -0.902. The van der Waals surface area contributed by atoms with Gasteiger partial charge in [-0.3, -0.25) is 14.5 Å². The Morgan fingerprint density at radius 3 is 1.96 bits per heavy atom. The van der Waals surface area contributed by atoms with Gasteiger partial charge in [0, 0.05) is 12.1 Å². The maximum atomic E-state index is 13.6. The van der Waals surface area contributed by atoms with E-state index >= 15 is 0 Å². The van der Waals surface area contributed by atoms with Crippen molar-refractivity contribution in [2.45, 2.75) is 24.8 Å². The van der Waals surface area contributed by atoms with Gasteiger partial charge in [0.15, 0.2) is 0 Å². The zero-order valence-electron chi connectivity index (χ0n) is 15.5. The molecule has 4 rings (SSSR count). The van der Waals surface area contributed by atoms with Gasteiger partial charge in [-0.15, -0.1) is 0 Å². The summed E-state index contributed by atoms with van der Waals surface area (Å²) in [6.45, 7) is 0.296. The highest BCUT2D eigenvalue weighted by atomic mass is 16.2. The molecule has 1 aliphatic heterocycles. The van der Waals surface area contributed by atoms with Crippen LogP contribution in [0.4, 0.5) is 5.69 Å². The van der Waals surface area contributed by atoms with Crippen LogP contribution in [0.1, 0.15) is 23.1 Å². The molecule has 1 saturated heterocycles. The second-order valence-electron chi connectivity index (χ2n) is 7.31. The monoisotopic (exact) mass is 370 g/mol. The maximum absolute atomic E-state index is 13.6. The first-order valence-electron chi connectivity index (χ1n) is 9.37. The van der Waals surface area contributed by atoms with Crippen molar-refractivity contribution in [2.75, 3.05) is 5.73 Å². The number of hydrogen-bond donors (Lipinski definition) is 1. The Labute approximate surface area is 164 Å². The highest BCUT2D eigenvalue weighted by Gasteiger charge is 2.52. The largest absolute Gasteiger partial charge is 0.399 e. The van der Waals surface area contributed by atoms with E-state index in [9.17, 15) is 9.59 Å². The summed E-state index contributed by atoms with van der Waals surface area (Å²) in [5.41, 5.74) is 8.39. The van der Waals surface area contributed by atoms with Gasteiger partial charge in [0.2, 0.25) is 11.8 Å². The Balaban J connectivity index is 1.74. The van der Waals surface area contributed by atoms with Crippen molar-refractivity contribution in [3.05, 3.63) is 102 Å². The molecule has 1 unspecified atom stereocenters. The van der Waals surface area contributed by atoms with Gasteiger partial charge < -0.3 is 5.73 Å². The minimum absolute atomic E-state index is 0.137. The first-order chi connectivity index (χ1) is 13.6. The van der Waals surface area contributed by atoms with Crippen molar-refractivity contribution in [2.24, 2.45) is 0 Å².